The molecule has 178 valence electrons. The topological polar surface area (TPSA) is 112 Å². The van der Waals surface area contributed by atoms with Crippen LogP contribution >= 0.6 is 0 Å². The Bertz CT molecular complexity index is 1080. The predicted octanol–water partition coefficient (Wildman–Crippen LogP) is 2.90. The molecule has 2 aliphatic heterocycles. The zero-order chi connectivity index (χ0) is 23.4. The predicted molar refractivity (Wildman–Crippen MR) is 126 cm³/mol. The van der Waals surface area contributed by atoms with Crippen molar-refractivity contribution >= 4 is 27.5 Å². The second-order valence-corrected chi connectivity index (χ2v) is 10.3. The van der Waals surface area contributed by atoms with Gasteiger partial charge in [0.15, 0.2) is 0 Å². The number of sulfonamides is 1. The van der Waals surface area contributed by atoms with Crippen LogP contribution in [0, 0.1) is 5.92 Å². The lowest BCUT2D eigenvalue weighted by Gasteiger charge is -2.36. The lowest BCUT2D eigenvalue weighted by Crippen LogP contribution is -2.41. The van der Waals surface area contributed by atoms with Crippen molar-refractivity contribution in [3.05, 3.63) is 42.1 Å². The monoisotopic (exact) mass is 474 g/mol. The fraction of sp³-hybridized carbons (Fsp3) is 0.478. The Morgan fingerprint density at radius 3 is 2.58 bits per heavy atom. The lowest BCUT2D eigenvalue weighted by molar-refractivity contribution is 0.0697. The number of benzene rings is 1. The minimum Gasteiger partial charge on any atom is -0.497 e. The molecule has 1 aromatic carbocycles. The summed E-state index contributed by atoms with van der Waals surface area (Å²) in [6, 6.07) is 7.29. The average Bonchev–Trinajstić information content (AvgIpc) is 3.32. The third kappa shape index (κ3) is 5.56. The minimum absolute atomic E-state index is 0.00764. The molecule has 9 nitrogen and oxygen atoms in total. The molecule has 2 N–H and O–H groups in total. The Morgan fingerprint density at radius 2 is 1.91 bits per heavy atom. The molecule has 0 saturated carbocycles. The van der Waals surface area contributed by atoms with Gasteiger partial charge in [0.1, 0.15) is 17.1 Å². The van der Waals surface area contributed by atoms with Gasteiger partial charge in [0.25, 0.3) is 10.0 Å². The van der Waals surface area contributed by atoms with E-state index in [1.165, 1.54) is 44.3 Å². The van der Waals surface area contributed by atoms with Gasteiger partial charge in [-0.05, 0) is 75.0 Å². The zero-order valence-corrected chi connectivity index (χ0v) is 19.6. The second kappa shape index (κ2) is 9.96. The van der Waals surface area contributed by atoms with Crippen LogP contribution in [0.2, 0.25) is 0 Å². The number of aromatic nitrogens is 1. The van der Waals surface area contributed by atoms with Gasteiger partial charge in [0.2, 0.25) is 0 Å². The molecule has 33 heavy (non-hydrogen) atoms. The fourth-order valence-corrected chi connectivity index (χ4v) is 5.66. The molecule has 0 bridgehead atoms. The molecule has 4 rings (SSSR count). The third-order valence-electron chi connectivity index (χ3n) is 6.25. The second-order valence-electron chi connectivity index (χ2n) is 8.64. The lowest BCUT2D eigenvalue weighted by atomic mass is 9.97. The number of hydrogen-bond acceptors (Lipinski definition) is 7. The van der Waals surface area contributed by atoms with Gasteiger partial charge in [-0.25, -0.2) is 18.2 Å². The number of nitrogens with one attached hydrogen (secondary N) is 1. The number of nitrogens with zero attached hydrogens (tertiary/aromatic N) is 3. The molecule has 3 heterocycles. The van der Waals surface area contributed by atoms with E-state index < -0.39 is 16.0 Å². The summed E-state index contributed by atoms with van der Waals surface area (Å²) in [6.45, 7) is 4.79. The van der Waals surface area contributed by atoms with Crippen molar-refractivity contribution in [3.63, 3.8) is 0 Å². The van der Waals surface area contributed by atoms with Crippen molar-refractivity contribution in [1.29, 1.82) is 0 Å². The Hall–Kier alpha value is -2.85. The Balaban J connectivity index is 1.51. The maximum Gasteiger partial charge on any atom is 0.339 e. The van der Waals surface area contributed by atoms with Gasteiger partial charge in [0.05, 0.1) is 23.9 Å². The highest BCUT2D eigenvalue weighted by atomic mass is 32.2. The molecule has 1 atom stereocenters. The van der Waals surface area contributed by atoms with E-state index in [0.717, 1.165) is 45.6 Å². The number of carboxylic acids is 1. The van der Waals surface area contributed by atoms with Crippen LogP contribution in [0.15, 0.2) is 41.4 Å². The van der Waals surface area contributed by atoms with Crippen LogP contribution in [0.25, 0.3) is 0 Å². The van der Waals surface area contributed by atoms with E-state index in [9.17, 15) is 18.3 Å². The maximum absolute atomic E-state index is 12.7. The summed E-state index contributed by atoms with van der Waals surface area (Å²) >= 11 is 0. The molecule has 0 amide bonds. The highest BCUT2D eigenvalue weighted by Crippen LogP contribution is 2.28. The summed E-state index contributed by atoms with van der Waals surface area (Å²) < 4.78 is 33.0. The molecule has 2 aromatic rings. The Labute approximate surface area is 194 Å². The van der Waals surface area contributed by atoms with Gasteiger partial charge in [0, 0.05) is 19.6 Å². The molecule has 0 aliphatic carbocycles. The summed E-state index contributed by atoms with van der Waals surface area (Å²) in [4.78, 5) is 20.9. The van der Waals surface area contributed by atoms with Crippen LogP contribution in [0.4, 0.5) is 11.5 Å². The number of carboxylic acid groups (broad SMARTS) is 1. The van der Waals surface area contributed by atoms with Crippen LogP contribution in [-0.2, 0) is 10.0 Å². The van der Waals surface area contributed by atoms with Gasteiger partial charge >= 0.3 is 5.97 Å². The molecule has 2 fully saturated rings. The Morgan fingerprint density at radius 1 is 1.18 bits per heavy atom. The largest absolute Gasteiger partial charge is 0.497 e. The third-order valence-corrected chi connectivity index (χ3v) is 7.65. The molecular weight excluding hydrogens is 444 g/mol. The summed E-state index contributed by atoms with van der Waals surface area (Å²) in [5, 5.41) is 9.82. The SMILES string of the molecule is COc1ccc(S(=O)(=O)Nc2cnc(N3CCC[C@H](CN4CCCC4)C3)c(C(=O)O)c2)cc1. The first kappa shape index (κ1) is 23.3. The molecule has 2 aliphatic rings. The first-order valence-corrected chi connectivity index (χ1v) is 12.7. The number of likely N-dealkylation sites (tertiary alicyclic amines) is 1. The number of pyridine rings is 1. The van der Waals surface area contributed by atoms with Gasteiger partial charge < -0.3 is 19.6 Å². The van der Waals surface area contributed by atoms with Crippen LogP contribution in [0.5, 0.6) is 5.75 Å². The molecular formula is C23H30N4O5S. The highest BCUT2D eigenvalue weighted by molar-refractivity contribution is 7.92. The number of piperidine rings is 1. The number of ether oxygens (including phenoxy) is 1. The van der Waals surface area contributed by atoms with E-state index in [4.69, 9.17) is 4.74 Å². The van der Waals surface area contributed by atoms with E-state index in [1.807, 2.05) is 4.90 Å². The quantitative estimate of drug-likeness (QED) is 0.601. The maximum atomic E-state index is 12.7. The number of aromatic carboxylic acids is 1. The number of hydrogen-bond donors (Lipinski definition) is 2. The van der Waals surface area contributed by atoms with Crippen molar-refractivity contribution in [3.8, 4) is 5.75 Å². The summed E-state index contributed by atoms with van der Waals surface area (Å²) in [6.07, 6.45) is 5.97. The summed E-state index contributed by atoms with van der Waals surface area (Å²) in [5.41, 5.74) is 0.101. The molecule has 0 unspecified atom stereocenters. The highest BCUT2D eigenvalue weighted by Gasteiger charge is 2.27. The van der Waals surface area contributed by atoms with Crippen molar-refractivity contribution in [2.75, 3.05) is 49.5 Å². The first-order valence-electron chi connectivity index (χ1n) is 11.2. The number of carbonyl (C=O) groups is 1. The van der Waals surface area contributed by atoms with Crippen LogP contribution in [0.1, 0.15) is 36.0 Å². The Kier molecular flexibility index (Phi) is 7.04. The van der Waals surface area contributed by atoms with Crippen LogP contribution in [-0.4, -0.2) is 69.2 Å². The van der Waals surface area contributed by atoms with E-state index in [-0.39, 0.29) is 16.1 Å². The average molecular weight is 475 g/mol. The minimum atomic E-state index is -3.90. The smallest absolute Gasteiger partial charge is 0.339 e. The van der Waals surface area contributed by atoms with E-state index in [1.54, 1.807) is 12.1 Å². The van der Waals surface area contributed by atoms with Crippen molar-refractivity contribution in [2.45, 2.75) is 30.6 Å². The number of rotatable bonds is 8. The van der Waals surface area contributed by atoms with Crippen LogP contribution in [0.3, 0.4) is 0 Å². The number of methoxy groups -OCH3 is 1. The molecule has 10 heteroatoms. The van der Waals surface area contributed by atoms with Crippen molar-refractivity contribution < 1.29 is 23.1 Å². The van der Waals surface area contributed by atoms with E-state index in [2.05, 4.69) is 14.6 Å². The number of anilines is 2. The fourth-order valence-electron chi connectivity index (χ4n) is 4.63. The van der Waals surface area contributed by atoms with Crippen molar-refractivity contribution in [1.82, 2.24) is 9.88 Å². The molecule has 0 spiro atoms. The molecule has 2 saturated heterocycles. The standard InChI is InChI=1S/C23H30N4O5S/c1-32-19-6-8-20(9-7-19)33(30,31)25-18-13-21(23(28)29)22(24-14-18)27-12-4-5-17(16-27)15-26-10-2-3-11-26/h6-9,13-14,17,25H,2-5,10-12,15-16H2,1H3,(H,28,29)/t17-/m1/s1. The molecule has 0 radical (unpaired) electrons. The van der Waals surface area contributed by atoms with Gasteiger partial charge in [-0.2, -0.15) is 0 Å². The zero-order valence-electron chi connectivity index (χ0n) is 18.7. The van der Waals surface area contributed by atoms with E-state index in [0.29, 0.717) is 17.5 Å². The summed E-state index contributed by atoms with van der Waals surface area (Å²) in [5.74, 6) is 0.261. The van der Waals surface area contributed by atoms with Crippen molar-refractivity contribution in [2.24, 2.45) is 5.92 Å². The summed E-state index contributed by atoms with van der Waals surface area (Å²) in [7, 11) is -2.40. The molecule has 1 aromatic heterocycles. The van der Waals surface area contributed by atoms with Crippen LogP contribution < -0.4 is 14.4 Å². The van der Waals surface area contributed by atoms with E-state index >= 15 is 0 Å². The van der Waals surface area contributed by atoms with Gasteiger partial charge in [-0.15, -0.1) is 0 Å². The normalized spacial score (nSPS) is 19.4. The van der Waals surface area contributed by atoms with Gasteiger partial charge in [-0.3, -0.25) is 4.72 Å². The van der Waals surface area contributed by atoms with Gasteiger partial charge in [-0.1, -0.05) is 0 Å². The first-order chi connectivity index (χ1) is 15.9.